The van der Waals surface area contributed by atoms with E-state index in [9.17, 15) is 14.4 Å². The van der Waals surface area contributed by atoms with Crippen molar-refractivity contribution in [2.45, 2.75) is 64.0 Å². The molecule has 2 atom stereocenters. The van der Waals surface area contributed by atoms with Gasteiger partial charge in [0.25, 0.3) is 0 Å². The van der Waals surface area contributed by atoms with E-state index in [-0.39, 0.29) is 36.0 Å². The van der Waals surface area contributed by atoms with Crippen molar-refractivity contribution in [3.63, 3.8) is 0 Å². The summed E-state index contributed by atoms with van der Waals surface area (Å²) in [6, 6.07) is 18.2. The number of anilines is 1. The molecule has 2 aliphatic rings. The Bertz CT molecular complexity index is 1140. The van der Waals surface area contributed by atoms with Gasteiger partial charge in [0.1, 0.15) is 19.2 Å². The van der Waals surface area contributed by atoms with E-state index in [4.69, 9.17) is 9.16 Å². The molecule has 0 bridgehead atoms. The van der Waals surface area contributed by atoms with Gasteiger partial charge in [-0.1, -0.05) is 69.3 Å². The zero-order valence-corrected chi connectivity index (χ0v) is 24.1. The second-order valence-corrected chi connectivity index (χ2v) is 16.3. The van der Waals surface area contributed by atoms with Crippen LogP contribution in [0.25, 0.3) is 0 Å². The molecule has 2 fully saturated rings. The van der Waals surface area contributed by atoms with Crippen LogP contribution >= 0.6 is 0 Å². The molecule has 0 radical (unpaired) electrons. The third-order valence-corrected chi connectivity index (χ3v) is 12.5. The molecular formula is C29H39N3O5Si. The van der Waals surface area contributed by atoms with Crippen LogP contribution in [-0.4, -0.2) is 74.4 Å². The van der Waals surface area contributed by atoms with Crippen LogP contribution in [0.5, 0.6) is 0 Å². The first kappa shape index (κ1) is 27.9. The highest BCUT2D eigenvalue weighted by molar-refractivity contribution is 6.74. The Morgan fingerprint density at radius 3 is 2.26 bits per heavy atom. The standard InChI is InChI=1S/C29H39N3O5Si/c1-29(2,3)38(4,5)37-18-16-24-26(27(34)31(24)20-22-12-8-6-9-13-22)32(23-14-10-7-11-15-23)25(33)21-30-17-19-36-28(30)35/h6-15,24,26H,16-21H2,1-5H3. The van der Waals surface area contributed by atoms with Crippen molar-refractivity contribution in [2.24, 2.45) is 0 Å². The highest BCUT2D eigenvalue weighted by atomic mass is 28.4. The maximum absolute atomic E-state index is 13.7. The highest BCUT2D eigenvalue weighted by Gasteiger charge is 2.52. The molecule has 2 unspecified atom stereocenters. The number of likely N-dealkylation sites (tertiary alicyclic amines) is 1. The van der Waals surface area contributed by atoms with E-state index < -0.39 is 20.5 Å². The van der Waals surface area contributed by atoms with Crippen molar-refractivity contribution < 1.29 is 23.5 Å². The van der Waals surface area contributed by atoms with Crippen LogP contribution in [0.4, 0.5) is 10.5 Å². The first-order chi connectivity index (χ1) is 18.0. The summed E-state index contributed by atoms with van der Waals surface area (Å²) in [7, 11) is -1.98. The molecule has 8 nitrogen and oxygen atoms in total. The van der Waals surface area contributed by atoms with Gasteiger partial charge in [-0.05, 0) is 42.2 Å². The molecule has 0 aromatic heterocycles. The fourth-order valence-corrected chi connectivity index (χ4v) is 5.73. The van der Waals surface area contributed by atoms with E-state index in [0.717, 1.165) is 5.56 Å². The molecule has 4 rings (SSSR count). The Balaban J connectivity index is 1.60. The summed E-state index contributed by atoms with van der Waals surface area (Å²) in [5, 5.41) is 0.0714. The summed E-state index contributed by atoms with van der Waals surface area (Å²) >= 11 is 0. The number of para-hydroxylation sites is 1. The summed E-state index contributed by atoms with van der Waals surface area (Å²) in [5.41, 5.74) is 1.67. The van der Waals surface area contributed by atoms with Crippen molar-refractivity contribution in [1.29, 1.82) is 0 Å². The zero-order valence-electron chi connectivity index (χ0n) is 23.1. The largest absolute Gasteiger partial charge is 0.448 e. The molecule has 0 N–H and O–H groups in total. The lowest BCUT2D eigenvalue weighted by Gasteiger charge is -2.52. The van der Waals surface area contributed by atoms with Gasteiger partial charge in [0.2, 0.25) is 11.8 Å². The monoisotopic (exact) mass is 537 g/mol. The normalized spacial score (nSPS) is 19.8. The molecule has 204 valence electrons. The van der Waals surface area contributed by atoms with Crippen molar-refractivity contribution in [3.8, 4) is 0 Å². The average molecular weight is 538 g/mol. The molecule has 38 heavy (non-hydrogen) atoms. The minimum Gasteiger partial charge on any atom is -0.448 e. The van der Waals surface area contributed by atoms with Crippen LogP contribution in [0.2, 0.25) is 18.1 Å². The van der Waals surface area contributed by atoms with Crippen LogP contribution in [-0.2, 0) is 25.3 Å². The number of nitrogens with zero attached hydrogens (tertiary/aromatic N) is 3. The Morgan fingerprint density at radius 2 is 1.68 bits per heavy atom. The van der Waals surface area contributed by atoms with Gasteiger partial charge in [0.05, 0.1) is 12.6 Å². The molecule has 9 heteroatoms. The summed E-state index contributed by atoms with van der Waals surface area (Å²) in [6.07, 6.45) is 0.106. The number of carbonyl (C=O) groups excluding carboxylic acids is 3. The molecule has 2 heterocycles. The Labute approximate surface area is 226 Å². The molecule has 2 aromatic rings. The third-order valence-electron chi connectivity index (χ3n) is 7.93. The Morgan fingerprint density at radius 1 is 1.05 bits per heavy atom. The summed E-state index contributed by atoms with van der Waals surface area (Å²) < 4.78 is 11.5. The van der Waals surface area contributed by atoms with E-state index in [1.165, 1.54) is 4.90 Å². The number of rotatable bonds is 10. The van der Waals surface area contributed by atoms with Gasteiger partial charge in [-0.25, -0.2) is 4.79 Å². The Kier molecular flexibility index (Phi) is 8.27. The second kappa shape index (κ2) is 11.3. The first-order valence-electron chi connectivity index (χ1n) is 13.3. The average Bonchev–Trinajstić information content (AvgIpc) is 3.28. The molecule has 2 aromatic carbocycles. The van der Waals surface area contributed by atoms with Gasteiger partial charge in [-0.15, -0.1) is 0 Å². The van der Waals surface area contributed by atoms with Gasteiger partial charge in [0, 0.05) is 18.8 Å². The molecule has 0 spiro atoms. The quantitative estimate of drug-likeness (QED) is 0.325. The highest BCUT2D eigenvalue weighted by Crippen LogP contribution is 2.38. The van der Waals surface area contributed by atoms with Crippen molar-refractivity contribution in [3.05, 3.63) is 66.2 Å². The number of amides is 3. The van der Waals surface area contributed by atoms with Crippen molar-refractivity contribution >= 4 is 31.9 Å². The molecular weight excluding hydrogens is 498 g/mol. The maximum atomic E-state index is 13.7. The summed E-state index contributed by atoms with van der Waals surface area (Å²) in [5.74, 6) is -0.407. The van der Waals surface area contributed by atoms with Gasteiger partial charge in [-0.2, -0.15) is 0 Å². The lowest BCUT2D eigenvalue weighted by molar-refractivity contribution is -0.153. The van der Waals surface area contributed by atoms with Gasteiger partial charge in [0.15, 0.2) is 8.32 Å². The third kappa shape index (κ3) is 5.94. The van der Waals surface area contributed by atoms with Gasteiger partial charge >= 0.3 is 6.09 Å². The van der Waals surface area contributed by atoms with E-state index in [0.29, 0.717) is 31.8 Å². The molecule has 0 saturated carbocycles. The van der Waals surface area contributed by atoms with Crippen molar-refractivity contribution in [1.82, 2.24) is 9.80 Å². The fraction of sp³-hybridized carbons (Fsp3) is 0.483. The van der Waals surface area contributed by atoms with E-state index in [1.807, 2.05) is 65.6 Å². The summed E-state index contributed by atoms with van der Waals surface area (Å²) in [6.45, 7) is 12.5. The van der Waals surface area contributed by atoms with Gasteiger partial charge < -0.3 is 14.1 Å². The summed E-state index contributed by atoms with van der Waals surface area (Å²) in [4.78, 5) is 44.3. The first-order valence-corrected chi connectivity index (χ1v) is 16.2. The number of ether oxygens (including phenoxy) is 1. The lowest BCUT2D eigenvalue weighted by atomic mass is 9.89. The van der Waals surface area contributed by atoms with Crippen LogP contribution in [0.15, 0.2) is 60.7 Å². The molecule has 2 saturated heterocycles. The van der Waals surface area contributed by atoms with E-state index >= 15 is 0 Å². The van der Waals surface area contributed by atoms with Crippen LogP contribution in [0.3, 0.4) is 0 Å². The van der Waals surface area contributed by atoms with Crippen molar-refractivity contribution in [2.75, 3.05) is 31.2 Å². The van der Waals surface area contributed by atoms with Crippen LogP contribution in [0, 0.1) is 0 Å². The minimum absolute atomic E-state index is 0.0714. The number of carbonyl (C=O) groups is 3. The number of cyclic esters (lactones) is 1. The predicted molar refractivity (Wildman–Crippen MR) is 149 cm³/mol. The Hall–Kier alpha value is -3.17. The lowest BCUT2D eigenvalue weighted by Crippen LogP contribution is -2.72. The van der Waals surface area contributed by atoms with Crippen LogP contribution in [0.1, 0.15) is 32.8 Å². The molecule has 2 aliphatic heterocycles. The predicted octanol–water partition coefficient (Wildman–Crippen LogP) is 4.66. The minimum atomic E-state index is -1.98. The number of hydrogen-bond acceptors (Lipinski definition) is 5. The fourth-order valence-electron chi connectivity index (χ4n) is 4.67. The number of β-lactam (4-membered cyclic amide) rings is 1. The smallest absolute Gasteiger partial charge is 0.410 e. The van der Waals surface area contributed by atoms with Crippen LogP contribution < -0.4 is 4.90 Å². The van der Waals surface area contributed by atoms with E-state index in [2.05, 4.69) is 33.9 Å². The SMILES string of the molecule is CC(C)(C)[Si](C)(C)OCCC1C(N(C(=O)CN2CCOC2=O)c2ccccc2)C(=O)N1Cc1ccccc1. The number of hydrogen-bond donors (Lipinski definition) is 0. The second-order valence-electron chi connectivity index (χ2n) is 11.5. The molecule has 3 amide bonds. The maximum Gasteiger partial charge on any atom is 0.410 e. The molecule has 0 aliphatic carbocycles. The van der Waals surface area contributed by atoms with Gasteiger partial charge in [-0.3, -0.25) is 19.4 Å². The number of benzene rings is 2. The topological polar surface area (TPSA) is 79.4 Å². The zero-order chi connectivity index (χ0) is 27.5. The van der Waals surface area contributed by atoms with E-state index in [1.54, 1.807) is 4.90 Å².